The first-order chi connectivity index (χ1) is 10.6. The van der Waals surface area contributed by atoms with Crippen molar-refractivity contribution >= 4 is 5.70 Å². The fourth-order valence-corrected chi connectivity index (χ4v) is 4.34. The van der Waals surface area contributed by atoms with Gasteiger partial charge in [0.25, 0.3) is 0 Å². The van der Waals surface area contributed by atoms with Crippen LogP contribution in [0.1, 0.15) is 63.3 Å². The van der Waals surface area contributed by atoms with E-state index in [1.54, 1.807) is 0 Å². The first-order valence-corrected chi connectivity index (χ1v) is 8.85. The van der Waals surface area contributed by atoms with Crippen LogP contribution in [0.25, 0.3) is 5.70 Å². The third-order valence-electron chi connectivity index (χ3n) is 5.90. The number of hydrogen-bond acceptors (Lipinski definition) is 3. The molecule has 1 atom stereocenters. The van der Waals surface area contributed by atoms with E-state index >= 15 is 0 Å². The quantitative estimate of drug-likeness (QED) is 0.826. The second-order valence-electron chi connectivity index (χ2n) is 7.35. The van der Waals surface area contributed by atoms with E-state index in [1.165, 1.54) is 44.9 Å². The van der Waals surface area contributed by atoms with E-state index in [0.717, 1.165) is 36.1 Å². The number of aryl methyl sites for hydroxylation is 1. The van der Waals surface area contributed by atoms with Gasteiger partial charge in [-0.15, -0.1) is 0 Å². The highest BCUT2D eigenvalue weighted by molar-refractivity contribution is 5.57. The molecule has 1 unspecified atom stereocenters. The molecule has 3 rings (SSSR count). The number of aromatic nitrogens is 2. The summed E-state index contributed by atoms with van der Waals surface area (Å²) in [5, 5.41) is 0. The van der Waals surface area contributed by atoms with Crippen LogP contribution in [0, 0.1) is 18.3 Å². The normalized spacial score (nSPS) is 24.5. The molecule has 1 aromatic heterocycles. The SMILES string of the molecule is C=C(c1cnc(C)cn1)N1CCC2(CCCC(CC)C2)CC1. The molecule has 3 heteroatoms. The molecule has 0 amide bonds. The second-order valence-corrected chi connectivity index (χ2v) is 7.35. The maximum atomic E-state index is 4.48. The number of hydrogen-bond donors (Lipinski definition) is 0. The Hall–Kier alpha value is -1.38. The molecule has 0 bridgehead atoms. The van der Waals surface area contributed by atoms with Crippen molar-refractivity contribution in [1.82, 2.24) is 14.9 Å². The zero-order valence-corrected chi connectivity index (χ0v) is 14.1. The highest BCUT2D eigenvalue weighted by Crippen LogP contribution is 2.48. The highest BCUT2D eigenvalue weighted by atomic mass is 15.2. The summed E-state index contributed by atoms with van der Waals surface area (Å²) >= 11 is 0. The summed E-state index contributed by atoms with van der Waals surface area (Å²) in [6.07, 6.45) is 13.5. The lowest BCUT2D eigenvalue weighted by Crippen LogP contribution is -2.41. The van der Waals surface area contributed by atoms with Gasteiger partial charge in [-0.2, -0.15) is 0 Å². The van der Waals surface area contributed by atoms with Crippen molar-refractivity contribution in [3.05, 3.63) is 30.4 Å². The van der Waals surface area contributed by atoms with Crippen molar-refractivity contribution in [2.75, 3.05) is 13.1 Å². The molecule has 2 fully saturated rings. The van der Waals surface area contributed by atoms with Gasteiger partial charge in [-0.3, -0.25) is 9.97 Å². The lowest BCUT2D eigenvalue weighted by Gasteiger charge is -2.47. The second kappa shape index (κ2) is 6.39. The van der Waals surface area contributed by atoms with Gasteiger partial charge in [-0.25, -0.2) is 0 Å². The Labute approximate surface area is 134 Å². The van der Waals surface area contributed by atoms with Gasteiger partial charge < -0.3 is 4.90 Å². The summed E-state index contributed by atoms with van der Waals surface area (Å²) < 4.78 is 0. The number of piperidine rings is 1. The Bertz CT molecular complexity index is 512. The molecule has 120 valence electrons. The van der Waals surface area contributed by atoms with Crippen LogP contribution in [-0.2, 0) is 0 Å². The fourth-order valence-electron chi connectivity index (χ4n) is 4.34. The van der Waals surface area contributed by atoms with Crippen molar-refractivity contribution in [2.24, 2.45) is 11.3 Å². The van der Waals surface area contributed by atoms with E-state index < -0.39 is 0 Å². The average Bonchev–Trinajstić information content (AvgIpc) is 2.56. The van der Waals surface area contributed by atoms with Gasteiger partial charge in [0.05, 0.1) is 17.6 Å². The van der Waals surface area contributed by atoms with E-state index in [-0.39, 0.29) is 0 Å². The van der Waals surface area contributed by atoms with E-state index in [0.29, 0.717) is 5.41 Å². The Morgan fingerprint density at radius 2 is 2.05 bits per heavy atom. The minimum Gasteiger partial charge on any atom is -0.370 e. The summed E-state index contributed by atoms with van der Waals surface area (Å²) in [7, 11) is 0. The van der Waals surface area contributed by atoms with Crippen molar-refractivity contribution in [3.8, 4) is 0 Å². The van der Waals surface area contributed by atoms with Gasteiger partial charge in [0.15, 0.2) is 0 Å². The number of nitrogens with zero attached hydrogens (tertiary/aromatic N) is 3. The topological polar surface area (TPSA) is 29.0 Å². The van der Waals surface area contributed by atoms with Crippen molar-refractivity contribution in [3.63, 3.8) is 0 Å². The molecule has 3 nitrogen and oxygen atoms in total. The van der Waals surface area contributed by atoms with E-state index in [4.69, 9.17) is 0 Å². The number of likely N-dealkylation sites (tertiary alicyclic amines) is 1. The van der Waals surface area contributed by atoms with E-state index in [2.05, 4.69) is 28.4 Å². The van der Waals surface area contributed by atoms with Crippen LogP contribution < -0.4 is 0 Å². The molecule has 2 aliphatic rings. The van der Waals surface area contributed by atoms with Crippen LogP contribution in [0.3, 0.4) is 0 Å². The van der Waals surface area contributed by atoms with Crippen LogP contribution in [-0.4, -0.2) is 28.0 Å². The van der Waals surface area contributed by atoms with Crippen LogP contribution in [0.15, 0.2) is 19.0 Å². The van der Waals surface area contributed by atoms with Gasteiger partial charge in [-0.1, -0.05) is 32.8 Å². The summed E-state index contributed by atoms with van der Waals surface area (Å²) in [6.45, 7) is 10.9. The Morgan fingerprint density at radius 1 is 1.27 bits per heavy atom. The molecule has 1 aromatic rings. The van der Waals surface area contributed by atoms with Crippen LogP contribution in [0.4, 0.5) is 0 Å². The zero-order valence-electron chi connectivity index (χ0n) is 14.1. The molecule has 0 N–H and O–H groups in total. The Morgan fingerprint density at radius 3 is 2.68 bits per heavy atom. The maximum Gasteiger partial charge on any atom is 0.104 e. The monoisotopic (exact) mass is 299 g/mol. The van der Waals surface area contributed by atoms with Crippen molar-refractivity contribution < 1.29 is 0 Å². The molecule has 1 saturated heterocycles. The van der Waals surface area contributed by atoms with Gasteiger partial charge in [0.2, 0.25) is 0 Å². The third-order valence-corrected chi connectivity index (χ3v) is 5.90. The highest BCUT2D eigenvalue weighted by Gasteiger charge is 2.38. The van der Waals surface area contributed by atoms with Crippen molar-refractivity contribution in [1.29, 1.82) is 0 Å². The zero-order chi connectivity index (χ0) is 15.6. The molecular weight excluding hydrogens is 270 g/mol. The smallest absolute Gasteiger partial charge is 0.104 e. The molecule has 1 saturated carbocycles. The summed E-state index contributed by atoms with van der Waals surface area (Å²) in [4.78, 5) is 11.2. The summed E-state index contributed by atoms with van der Waals surface area (Å²) in [6, 6.07) is 0. The lowest BCUT2D eigenvalue weighted by molar-refractivity contribution is 0.0642. The van der Waals surface area contributed by atoms with E-state index in [1.807, 2.05) is 19.3 Å². The summed E-state index contributed by atoms with van der Waals surface area (Å²) in [5.74, 6) is 0.964. The number of rotatable bonds is 3. The Kier molecular flexibility index (Phi) is 4.51. The standard InChI is InChI=1S/C19H29N3/c1-4-17-6-5-7-19(12-17)8-10-22(11-9-19)16(3)18-14-20-15(2)13-21-18/h13-14,17H,3-12H2,1-2H3. The van der Waals surface area contributed by atoms with Gasteiger partial charge in [0, 0.05) is 19.3 Å². The largest absolute Gasteiger partial charge is 0.370 e. The lowest BCUT2D eigenvalue weighted by atomic mass is 9.64. The van der Waals surface area contributed by atoms with Crippen molar-refractivity contribution in [2.45, 2.75) is 58.8 Å². The molecular formula is C19H29N3. The molecule has 1 aliphatic heterocycles. The van der Waals surface area contributed by atoms with Gasteiger partial charge in [-0.05, 0) is 43.9 Å². The van der Waals surface area contributed by atoms with Gasteiger partial charge in [0.1, 0.15) is 5.69 Å². The molecule has 1 aliphatic carbocycles. The first kappa shape index (κ1) is 15.5. The van der Waals surface area contributed by atoms with Crippen LogP contribution in [0.2, 0.25) is 0 Å². The predicted octanol–water partition coefficient (Wildman–Crippen LogP) is 4.44. The molecule has 2 heterocycles. The first-order valence-electron chi connectivity index (χ1n) is 8.85. The predicted molar refractivity (Wildman–Crippen MR) is 91.3 cm³/mol. The maximum absolute atomic E-state index is 4.48. The minimum atomic E-state index is 0.620. The molecule has 0 aromatic carbocycles. The van der Waals surface area contributed by atoms with Crippen LogP contribution in [0.5, 0.6) is 0 Å². The average molecular weight is 299 g/mol. The summed E-state index contributed by atoms with van der Waals surface area (Å²) in [5.41, 5.74) is 3.55. The molecule has 22 heavy (non-hydrogen) atoms. The van der Waals surface area contributed by atoms with E-state index in [9.17, 15) is 0 Å². The van der Waals surface area contributed by atoms with Crippen LogP contribution >= 0.6 is 0 Å². The fraction of sp³-hybridized carbons (Fsp3) is 0.684. The minimum absolute atomic E-state index is 0.620. The van der Waals surface area contributed by atoms with Gasteiger partial charge >= 0.3 is 0 Å². The molecule has 1 spiro atoms. The molecule has 0 radical (unpaired) electrons. The Balaban J connectivity index is 1.61. The third kappa shape index (κ3) is 3.18.